The number of hydrogen-bond donors (Lipinski definition) is 4. The molecule has 2 aromatic carbocycles. The maximum absolute atomic E-state index is 10.4. The minimum absolute atomic E-state index is 0.449. The van der Waals surface area contributed by atoms with Gasteiger partial charge in [0.2, 0.25) is 0 Å². The third-order valence-corrected chi connectivity index (χ3v) is 3.40. The normalized spacial score (nSPS) is 10.3. The topological polar surface area (TPSA) is 113 Å². The number of hydrazine groups is 1. The monoisotopic (exact) mass is 316 g/mol. The first-order valence-electron chi connectivity index (χ1n) is 5.33. The Bertz CT molecular complexity index is 677. The average molecular weight is 317 g/mol. The first-order valence-corrected chi connectivity index (χ1v) is 7.14. The van der Waals surface area contributed by atoms with Gasteiger partial charge in [-0.15, -0.1) is 0 Å². The molecule has 0 saturated carbocycles. The summed E-state index contributed by atoms with van der Waals surface area (Å²) >= 11 is 5.68. The van der Waals surface area contributed by atoms with E-state index < -0.39 is 20.8 Å². The largest absolute Gasteiger partial charge is 0.506 e. The zero-order valence-corrected chi connectivity index (χ0v) is 11.8. The molecule has 0 unspecified atom stereocenters. The van der Waals surface area contributed by atoms with Crippen molar-refractivity contribution in [2.45, 2.75) is 4.90 Å². The number of nitrogen functional groups attached to an aromatic ring is 1. The lowest BCUT2D eigenvalue weighted by atomic mass is 10.3. The Balaban J connectivity index is 0.000000204. The Morgan fingerprint density at radius 3 is 2.00 bits per heavy atom. The van der Waals surface area contributed by atoms with Crippen molar-refractivity contribution in [3.63, 3.8) is 0 Å². The Morgan fingerprint density at radius 2 is 1.60 bits per heavy atom. The van der Waals surface area contributed by atoms with Gasteiger partial charge in [0.25, 0.3) is 10.1 Å². The Kier molecular flexibility index (Phi) is 5.78. The smallest absolute Gasteiger partial charge is 0.298 e. The van der Waals surface area contributed by atoms with E-state index >= 15 is 0 Å². The van der Waals surface area contributed by atoms with Crippen LogP contribution < -0.4 is 11.3 Å². The Morgan fingerprint density at radius 1 is 1.05 bits per heavy atom. The molecule has 0 aliphatic rings. The van der Waals surface area contributed by atoms with Crippen molar-refractivity contribution in [2.24, 2.45) is 5.84 Å². The minimum atomic E-state index is -4.28. The predicted octanol–water partition coefficient (Wildman–Crippen LogP) is 2.26. The highest BCUT2D eigenvalue weighted by Crippen LogP contribution is 2.20. The number of benzene rings is 2. The summed E-state index contributed by atoms with van der Waals surface area (Å²) in [4.78, 5) is -0.472. The molecule has 0 spiro atoms. The maximum atomic E-state index is 10.4. The van der Waals surface area contributed by atoms with Gasteiger partial charge in [0.05, 0.1) is 10.7 Å². The van der Waals surface area contributed by atoms with E-state index in [1.165, 1.54) is 18.2 Å². The molecule has 2 aromatic rings. The number of rotatable bonds is 2. The van der Waals surface area contributed by atoms with Gasteiger partial charge in [0.15, 0.2) is 0 Å². The van der Waals surface area contributed by atoms with E-state index in [0.29, 0.717) is 5.02 Å². The number of phenols is 1. The SMILES string of the molecule is NNc1ccccc1Cl.O=S(=O)(O)c1ccccc1O. The van der Waals surface area contributed by atoms with Gasteiger partial charge in [-0.3, -0.25) is 10.4 Å². The van der Waals surface area contributed by atoms with E-state index in [1.54, 1.807) is 6.07 Å². The summed E-state index contributed by atoms with van der Waals surface area (Å²) in [7, 11) is -4.28. The van der Waals surface area contributed by atoms with Crippen LogP contribution in [-0.2, 0) is 10.1 Å². The third-order valence-electron chi connectivity index (χ3n) is 2.17. The van der Waals surface area contributed by atoms with E-state index in [-0.39, 0.29) is 0 Å². The molecule has 5 N–H and O–H groups in total. The fourth-order valence-corrected chi connectivity index (χ4v) is 2.03. The summed E-state index contributed by atoms with van der Waals surface area (Å²) in [5.74, 6) is 4.67. The lowest BCUT2D eigenvalue weighted by molar-refractivity contribution is 0.443. The van der Waals surface area contributed by atoms with Crippen LogP contribution in [0.5, 0.6) is 5.75 Å². The van der Waals surface area contributed by atoms with Gasteiger partial charge in [0.1, 0.15) is 10.6 Å². The second kappa shape index (κ2) is 7.11. The number of aromatic hydroxyl groups is 1. The summed E-state index contributed by atoms with van der Waals surface area (Å²) < 4.78 is 29.4. The second-order valence-electron chi connectivity index (χ2n) is 3.57. The molecule has 0 fully saturated rings. The highest BCUT2D eigenvalue weighted by atomic mass is 35.5. The number of phenolic OH excluding ortho intramolecular Hbond substituents is 1. The van der Waals surface area contributed by atoms with E-state index in [4.69, 9.17) is 27.1 Å². The van der Waals surface area contributed by atoms with Crippen LogP contribution in [0.2, 0.25) is 5.02 Å². The molecule has 20 heavy (non-hydrogen) atoms. The summed E-state index contributed by atoms with van der Waals surface area (Å²) in [6.45, 7) is 0. The molecule has 0 radical (unpaired) electrons. The molecule has 2 rings (SSSR count). The first-order chi connectivity index (χ1) is 9.36. The maximum Gasteiger partial charge on any atom is 0.298 e. The van der Waals surface area contributed by atoms with Gasteiger partial charge < -0.3 is 10.5 Å². The minimum Gasteiger partial charge on any atom is -0.506 e. The zero-order valence-electron chi connectivity index (χ0n) is 10.2. The molecular weight excluding hydrogens is 304 g/mol. The van der Waals surface area contributed by atoms with Gasteiger partial charge >= 0.3 is 0 Å². The standard InChI is InChI=1S/C6H7ClN2.C6H6O4S/c7-5-3-1-2-4-6(5)9-8;7-5-3-1-2-4-6(5)11(8,9)10/h1-4,9H,8H2;1-4,7H,(H,8,9,10). The lowest BCUT2D eigenvalue weighted by Crippen LogP contribution is -2.06. The molecule has 0 aliphatic carbocycles. The fourth-order valence-electron chi connectivity index (χ4n) is 1.25. The van der Waals surface area contributed by atoms with Crippen LogP contribution in [0.4, 0.5) is 5.69 Å². The van der Waals surface area contributed by atoms with E-state index in [1.807, 2.05) is 18.2 Å². The Labute approximate surface area is 121 Å². The molecule has 108 valence electrons. The van der Waals surface area contributed by atoms with Crippen LogP contribution in [0, 0.1) is 0 Å². The van der Waals surface area contributed by atoms with Gasteiger partial charge in [-0.25, -0.2) is 0 Å². The number of nitrogens with two attached hydrogens (primary N) is 1. The van der Waals surface area contributed by atoms with Crippen LogP contribution in [0.25, 0.3) is 0 Å². The molecule has 0 aliphatic heterocycles. The van der Waals surface area contributed by atoms with Crippen LogP contribution in [0.1, 0.15) is 0 Å². The molecule has 0 aromatic heterocycles. The molecule has 0 atom stereocenters. The van der Waals surface area contributed by atoms with Crippen molar-refractivity contribution >= 4 is 27.4 Å². The van der Waals surface area contributed by atoms with Crippen molar-refractivity contribution in [3.05, 3.63) is 53.6 Å². The average Bonchev–Trinajstić information content (AvgIpc) is 2.39. The highest BCUT2D eigenvalue weighted by molar-refractivity contribution is 7.86. The summed E-state index contributed by atoms with van der Waals surface area (Å²) in [5.41, 5.74) is 3.21. The van der Waals surface area contributed by atoms with Crippen LogP contribution >= 0.6 is 11.6 Å². The van der Waals surface area contributed by atoms with E-state index in [9.17, 15) is 8.42 Å². The molecule has 6 nitrogen and oxygen atoms in total. The van der Waals surface area contributed by atoms with Crippen molar-refractivity contribution < 1.29 is 18.1 Å². The van der Waals surface area contributed by atoms with Crippen LogP contribution in [-0.4, -0.2) is 18.1 Å². The van der Waals surface area contributed by atoms with E-state index in [0.717, 1.165) is 11.8 Å². The summed E-state index contributed by atoms with van der Waals surface area (Å²) in [5, 5.41) is 9.55. The van der Waals surface area contributed by atoms with Crippen molar-refractivity contribution in [2.75, 3.05) is 5.43 Å². The quantitative estimate of drug-likeness (QED) is 0.384. The van der Waals surface area contributed by atoms with Crippen LogP contribution in [0.3, 0.4) is 0 Å². The zero-order chi connectivity index (χ0) is 15.2. The molecule has 0 heterocycles. The van der Waals surface area contributed by atoms with Crippen LogP contribution in [0.15, 0.2) is 53.4 Å². The fraction of sp³-hybridized carbons (Fsp3) is 0. The first kappa shape index (κ1) is 16.3. The van der Waals surface area contributed by atoms with Crippen molar-refractivity contribution in [1.82, 2.24) is 0 Å². The number of hydrogen-bond acceptors (Lipinski definition) is 5. The third kappa shape index (κ3) is 4.71. The van der Waals surface area contributed by atoms with E-state index in [2.05, 4.69) is 5.43 Å². The second-order valence-corrected chi connectivity index (χ2v) is 5.36. The lowest BCUT2D eigenvalue weighted by Gasteiger charge is -1.99. The van der Waals surface area contributed by atoms with Gasteiger partial charge in [0, 0.05) is 0 Å². The van der Waals surface area contributed by atoms with Gasteiger partial charge in [-0.2, -0.15) is 8.42 Å². The van der Waals surface area contributed by atoms with Crippen molar-refractivity contribution in [3.8, 4) is 5.75 Å². The Hall–Kier alpha value is -1.80. The van der Waals surface area contributed by atoms with Gasteiger partial charge in [-0.05, 0) is 24.3 Å². The summed E-state index contributed by atoms with van der Waals surface area (Å²) in [6, 6.07) is 12.5. The molecule has 0 amide bonds. The number of anilines is 1. The van der Waals surface area contributed by atoms with Crippen molar-refractivity contribution in [1.29, 1.82) is 0 Å². The molecule has 8 heteroatoms. The number of halogens is 1. The number of nitrogens with one attached hydrogen (secondary N) is 1. The highest BCUT2D eigenvalue weighted by Gasteiger charge is 2.12. The number of para-hydroxylation sites is 2. The predicted molar refractivity (Wildman–Crippen MR) is 77.2 cm³/mol. The summed E-state index contributed by atoms with van der Waals surface area (Å²) in [6.07, 6.45) is 0. The molecular formula is C12H13ClN2O4S. The van der Waals surface area contributed by atoms with Gasteiger partial charge in [-0.1, -0.05) is 35.9 Å². The molecule has 0 saturated heterocycles. The molecule has 0 bridgehead atoms.